The number of nitrogens with two attached hydrogens (primary N) is 2. The highest BCUT2D eigenvalue weighted by atomic mass is 35.5. The first-order chi connectivity index (χ1) is 14.5. The Kier molecular flexibility index (Phi) is 6.93. The van der Waals surface area contributed by atoms with Crippen LogP contribution in [0.25, 0.3) is 5.70 Å². The van der Waals surface area contributed by atoms with E-state index in [-0.39, 0.29) is 24.1 Å². The van der Waals surface area contributed by atoms with Crippen LogP contribution in [0, 0.1) is 11.7 Å². The third kappa shape index (κ3) is 4.80. The molecular weight excluding hydrogens is 405 g/mol. The number of halogens is 2. The largest absolute Gasteiger partial charge is 0.384 e. The van der Waals surface area contributed by atoms with Crippen molar-refractivity contribution in [2.24, 2.45) is 11.7 Å². The lowest BCUT2D eigenvalue weighted by Crippen LogP contribution is -2.52. The number of allylic oxidation sites excluding steroid dienone is 2. The van der Waals surface area contributed by atoms with Crippen LogP contribution in [-0.2, 0) is 4.74 Å². The highest BCUT2D eigenvalue weighted by Crippen LogP contribution is 2.38. The maximum absolute atomic E-state index is 14.8. The minimum Gasteiger partial charge on any atom is -0.384 e. The topological polar surface area (TPSA) is 89.4 Å². The third-order valence-corrected chi connectivity index (χ3v) is 6.74. The second-order valence-corrected chi connectivity index (χ2v) is 8.94. The summed E-state index contributed by atoms with van der Waals surface area (Å²) in [5.41, 5.74) is 13.1. The second kappa shape index (κ2) is 9.64. The van der Waals surface area contributed by atoms with Gasteiger partial charge in [-0.2, -0.15) is 0 Å². The molecule has 0 spiro atoms. The van der Waals surface area contributed by atoms with Crippen molar-refractivity contribution in [1.82, 2.24) is 15.2 Å². The van der Waals surface area contributed by atoms with E-state index in [0.29, 0.717) is 22.2 Å². The molecule has 1 aromatic rings. The Morgan fingerprint density at radius 2 is 1.93 bits per heavy atom. The summed E-state index contributed by atoms with van der Waals surface area (Å²) < 4.78 is 20.3. The van der Waals surface area contributed by atoms with Crippen LogP contribution in [0.2, 0.25) is 0 Å². The molecule has 0 amide bonds. The number of ether oxygens (including phenoxy) is 1. The van der Waals surface area contributed by atoms with Crippen molar-refractivity contribution in [2.75, 3.05) is 25.5 Å². The zero-order chi connectivity index (χ0) is 21.1. The van der Waals surface area contributed by atoms with Crippen LogP contribution in [0.4, 0.5) is 10.2 Å². The van der Waals surface area contributed by atoms with Gasteiger partial charge in [-0.3, -0.25) is 5.32 Å². The van der Waals surface area contributed by atoms with Gasteiger partial charge in [-0.15, -0.1) is 0 Å². The molecule has 8 heteroatoms. The molecule has 0 aromatic carbocycles. The van der Waals surface area contributed by atoms with Crippen LogP contribution in [0.3, 0.4) is 0 Å². The van der Waals surface area contributed by atoms with Gasteiger partial charge in [-0.1, -0.05) is 11.6 Å². The molecule has 1 unspecified atom stereocenters. The summed E-state index contributed by atoms with van der Waals surface area (Å²) in [5.74, 6) is 0.426. The number of nitrogens with zero attached hydrogens (tertiary/aromatic N) is 2. The molecule has 1 saturated heterocycles. The van der Waals surface area contributed by atoms with E-state index in [1.807, 2.05) is 6.08 Å². The Bertz CT molecular complexity index is 803. The number of nitrogens with one attached hydrogen (secondary N) is 1. The highest BCUT2D eigenvalue weighted by molar-refractivity contribution is 6.34. The monoisotopic (exact) mass is 435 g/mol. The van der Waals surface area contributed by atoms with Gasteiger partial charge in [0.2, 0.25) is 0 Å². The summed E-state index contributed by atoms with van der Waals surface area (Å²) >= 11 is 6.65. The molecule has 2 aliphatic heterocycles. The fourth-order valence-corrected chi connectivity index (χ4v) is 4.98. The van der Waals surface area contributed by atoms with Gasteiger partial charge in [0.1, 0.15) is 5.82 Å². The van der Waals surface area contributed by atoms with Crippen LogP contribution >= 0.6 is 11.6 Å². The molecule has 1 aromatic heterocycles. The lowest BCUT2D eigenvalue weighted by atomic mass is 9.89. The molecule has 30 heavy (non-hydrogen) atoms. The first-order valence-electron chi connectivity index (χ1n) is 10.9. The van der Waals surface area contributed by atoms with Crippen molar-refractivity contribution in [1.29, 1.82) is 0 Å². The van der Waals surface area contributed by atoms with Crippen molar-refractivity contribution in [3.8, 4) is 0 Å². The summed E-state index contributed by atoms with van der Waals surface area (Å²) in [6, 6.07) is 2.02. The smallest absolute Gasteiger partial charge is 0.151 e. The summed E-state index contributed by atoms with van der Waals surface area (Å²) in [4.78, 5) is 6.12. The van der Waals surface area contributed by atoms with E-state index in [4.69, 9.17) is 27.8 Å². The van der Waals surface area contributed by atoms with Crippen LogP contribution < -0.4 is 16.8 Å². The molecule has 6 nitrogen and oxygen atoms in total. The lowest BCUT2D eigenvalue weighted by Gasteiger charge is -2.45. The third-order valence-electron chi connectivity index (χ3n) is 6.43. The number of rotatable bonds is 5. The van der Waals surface area contributed by atoms with Gasteiger partial charge in [0.25, 0.3) is 0 Å². The quantitative estimate of drug-likeness (QED) is 0.658. The minimum atomic E-state index is -0.423. The zero-order valence-corrected chi connectivity index (χ0v) is 18.0. The summed E-state index contributed by atoms with van der Waals surface area (Å²) in [6.07, 6.45) is 10.9. The van der Waals surface area contributed by atoms with E-state index in [1.165, 1.54) is 6.20 Å². The van der Waals surface area contributed by atoms with E-state index < -0.39 is 5.82 Å². The fraction of sp³-hybridized carbons (Fsp3) is 0.591. The fourth-order valence-electron chi connectivity index (χ4n) is 4.71. The molecule has 1 aliphatic carbocycles. The van der Waals surface area contributed by atoms with Crippen molar-refractivity contribution in [3.63, 3.8) is 0 Å². The molecular formula is C22H31ClFN5O. The normalized spacial score (nSPS) is 28.2. The molecule has 2 fully saturated rings. The van der Waals surface area contributed by atoms with Crippen molar-refractivity contribution in [3.05, 3.63) is 40.8 Å². The van der Waals surface area contributed by atoms with E-state index in [0.717, 1.165) is 58.3 Å². The van der Waals surface area contributed by atoms with Crippen LogP contribution in [0.15, 0.2) is 29.4 Å². The average molecular weight is 436 g/mol. The molecule has 0 bridgehead atoms. The standard InChI is InChI=1S/C22H31ClFN5O/c23-18-5-6-21(28-12-14-7-9-30-10-8-14)29(16-3-1-15(25)2-4-16)22(18)17-11-20(26)27-13-19(17)24/h5-6,11,13-16,21,28H,1-4,7-10,12,25H2,(H2,26,27). The van der Waals surface area contributed by atoms with Crippen molar-refractivity contribution in [2.45, 2.75) is 56.8 Å². The number of pyridine rings is 1. The average Bonchev–Trinajstić information content (AvgIpc) is 2.76. The molecule has 0 radical (unpaired) electrons. The summed E-state index contributed by atoms with van der Waals surface area (Å²) in [7, 11) is 0. The maximum atomic E-state index is 14.8. The predicted octanol–water partition coefficient (Wildman–Crippen LogP) is 3.19. The predicted molar refractivity (Wildman–Crippen MR) is 118 cm³/mol. The number of nitrogen functional groups attached to an aromatic ring is 1. The molecule has 3 heterocycles. The van der Waals surface area contributed by atoms with Gasteiger partial charge in [-0.25, -0.2) is 9.37 Å². The Balaban J connectivity index is 1.63. The van der Waals surface area contributed by atoms with E-state index in [1.54, 1.807) is 6.07 Å². The number of hydrogen-bond donors (Lipinski definition) is 3. The Labute approximate surface area is 182 Å². The Hall–Kier alpha value is -1.67. The van der Waals surface area contributed by atoms with Crippen molar-refractivity contribution >= 4 is 23.1 Å². The van der Waals surface area contributed by atoms with Gasteiger partial charge in [0, 0.05) is 37.4 Å². The van der Waals surface area contributed by atoms with Crippen LogP contribution in [0.1, 0.15) is 44.1 Å². The highest BCUT2D eigenvalue weighted by Gasteiger charge is 2.35. The SMILES string of the molecule is Nc1cc(C2=C(Cl)C=CC(NCC3CCOCC3)N2C2CCC(N)CC2)c(F)cn1. The minimum absolute atomic E-state index is 0.0709. The number of anilines is 1. The molecule has 3 aliphatic rings. The van der Waals surface area contributed by atoms with Gasteiger partial charge < -0.3 is 21.1 Å². The van der Waals surface area contributed by atoms with E-state index in [9.17, 15) is 4.39 Å². The lowest BCUT2D eigenvalue weighted by molar-refractivity contribution is 0.0628. The first kappa shape index (κ1) is 21.6. The number of aromatic nitrogens is 1. The Morgan fingerprint density at radius 3 is 2.67 bits per heavy atom. The van der Waals surface area contributed by atoms with Crippen molar-refractivity contribution < 1.29 is 9.13 Å². The maximum Gasteiger partial charge on any atom is 0.151 e. The number of hydrogen-bond acceptors (Lipinski definition) is 6. The van der Waals surface area contributed by atoms with Gasteiger partial charge in [0.15, 0.2) is 5.82 Å². The van der Waals surface area contributed by atoms with E-state index in [2.05, 4.69) is 21.3 Å². The van der Waals surface area contributed by atoms with Gasteiger partial charge in [0.05, 0.1) is 23.1 Å². The summed E-state index contributed by atoms with van der Waals surface area (Å²) in [5, 5.41) is 4.21. The van der Waals surface area contributed by atoms with E-state index >= 15 is 0 Å². The van der Waals surface area contributed by atoms with Gasteiger partial charge >= 0.3 is 0 Å². The van der Waals surface area contributed by atoms with Gasteiger partial charge in [-0.05, 0) is 62.7 Å². The first-order valence-corrected chi connectivity index (χ1v) is 11.2. The molecule has 4 rings (SSSR count). The molecule has 1 saturated carbocycles. The van der Waals surface area contributed by atoms with Crippen LogP contribution in [0.5, 0.6) is 0 Å². The molecule has 1 atom stereocenters. The molecule has 5 N–H and O–H groups in total. The second-order valence-electron chi connectivity index (χ2n) is 8.53. The molecule has 164 valence electrons. The summed E-state index contributed by atoms with van der Waals surface area (Å²) in [6.45, 7) is 2.51. The Morgan fingerprint density at radius 1 is 1.20 bits per heavy atom. The van der Waals surface area contributed by atoms with Crippen LogP contribution in [-0.4, -0.2) is 47.9 Å². The zero-order valence-electron chi connectivity index (χ0n) is 17.2.